The Morgan fingerprint density at radius 3 is 2.85 bits per heavy atom. The van der Waals surface area contributed by atoms with Gasteiger partial charge in [-0.15, -0.1) is 0 Å². The Morgan fingerprint density at radius 2 is 2.04 bits per heavy atom. The van der Waals surface area contributed by atoms with E-state index in [-0.39, 0.29) is 0 Å². The number of aliphatic hydroxyl groups is 1. The van der Waals surface area contributed by atoms with Gasteiger partial charge in [0.15, 0.2) is 0 Å². The Morgan fingerprint density at radius 1 is 1.15 bits per heavy atom. The number of imidazole rings is 1. The third kappa shape index (κ3) is 4.38. The molecule has 140 valence electrons. The molecule has 2 heterocycles. The highest BCUT2D eigenvalue weighted by molar-refractivity contribution is 5.58. The van der Waals surface area contributed by atoms with Crippen LogP contribution in [-0.4, -0.2) is 33.3 Å². The molecule has 0 bridgehead atoms. The fourth-order valence-electron chi connectivity index (χ4n) is 3.57. The van der Waals surface area contributed by atoms with Crippen molar-refractivity contribution in [3.63, 3.8) is 0 Å². The monoisotopic (exact) mass is 363 g/mol. The van der Waals surface area contributed by atoms with Crippen molar-refractivity contribution in [2.75, 3.05) is 13.1 Å². The van der Waals surface area contributed by atoms with Crippen LogP contribution in [0, 0.1) is 0 Å². The Hall–Kier alpha value is -2.63. The lowest BCUT2D eigenvalue weighted by molar-refractivity contribution is 0.00106. The van der Waals surface area contributed by atoms with Crippen molar-refractivity contribution in [3.05, 3.63) is 72.6 Å². The smallest absolute Gasteiger partial charge is 0.140 e. The van der Waals surface area contributed by atoms with E-state index in [1.165, 1.54) is 0 Å². The van der Waals surface area contributed by atoms with Crippen LogP contribution in [0.5, 0.6) is 5.75 Å². The van der Waals surface area contributed by atoms with E-state index < -0.39 is 5.60 Å². The van der Waals surface area contributed by atoms with Crippen LogP contribution in [0.4, 0.5) is 0 Å². The van der Waals surface area contributed by atoms with Crippen molar-refractivity contribution in [2.24, 2.45) is 0 Å². The number of nitrogens with zero attached hydrogens (tertiary/aromatic N) is 2. The van der Waals surface area contributed by atoms with Gasteiger partial charge in [0.25, 0.3) is 0 Å². The number of nitrogens with one attached hydrogen (secondary N) is 1. The molecule has 0 radical (unpaired) electrons. The quantitative estimate of drug-likeness (QED) is 0.706. The summed E-state index contributed by atoms with van der Waals surface area (Å²) in [6, 6.07) is 18.1. The maximum atomic E-state index is 10.8. The normalized spacial score (nSPS) is 19.7. The molecule has 5 heteroatoms. The average molecular weight is 363 g/mol. The number of benzene rings is 2. The number of β-amino-alcohol motifs (C(OH)–C–C–N with tert-alkyl or cyclic N) is 1. The van der Waals surface area contributed by atoms with Crippen molar-refractivity contribution in [3.8, 4) is 17.1 Å². The summed E-state index contributed by atoms with van der Waals surface area (Å²) >= 11 is 0. The summed E-state index contributed by atoms with van der Waals surface area (Å²) in [5.41, 5.74) is 1.39. The highest BCUT2D eigenvalue weighted by Gasteiger charge is 2.30. The number of hydrogen-bond donors (Lipinski definition) is 2. The minimum absolute atomic E-state index is 0.532. The van der Waals surface area contributed by atoms with Crippen LogP contribution in [0.25, 0.3) is 11.4 Å². The number of piperidine rings is 1. The van der Waals surface area contributed by atoms with Gasteiger partial charge in [-0.05, 0) is 37.1 Å². The molecule has 1 aliphatic rings. The fourth-order valence-corrected chi connectivity index (χ4v) is 3.57. The molecule has 0 spiro atoms. The fraction of sp³-hybridized carbons (Fsp3) is 0.318. The van der Waals surface area contributed by atoms with Gasteiger partial charge in [0, 0.05) is 24.5 Å². The van der Waals surface area contributed by atoms with Crippen molar-refractivity contribution >= 4 is 0 Å². The summed E-state index contributed by atoms with van der Waals surface area (Å²) in [5, 5.41) is 14.1. The maximum absolute atomic E-state index is 10.8. The second-order valence-electron chi connectivity index (χ2n) is 7.19. The molecule has 2 aromatic carbocycles. The first-order chi connectivity index (χ1) is 13.2. The molecule has 2 N–H and O–H groups in total. The molecule has 27 heavy (non-hydrogen) atoms. The van der Waals surface area contributed by atoms with Crippen LogP contribution in [-0.2, 0) is 13.2 Å². The first kappa shape index (κ1) is 17.8. The minimum atomic E-state index is -0.727. The Kier molecular flexibility index (Phi) is 5.23. The highest BCUT2D eigenvalue weighted by Crippen LogP contribution is 2.26. The van der Waals surface area contributed by atoms with Crippen LogP contribution >= 0.6 is 0 Å². The van der Waals surface area contributed by atoms with Crippen molar-refractivity contribution in [1.82, 2.24) is 14.9 Å². The zero-order valence-corrected chi connectivity index (χ0v) is 15.3. The van der Waals surface area contributed by atoms with Crippen molar-refractivity contribution in [1.29, 1.82) is 0 Å². The summed E-state index contributed by atoms with van der Waals surface area (Å²) < 4.78 is 7.98. The molecule has 1 saturated heterocycles. The van der Waals surface area contributed by atoms with Gasteiger partial charge in [-0.25, -0.2) is 4.98 Å². The van der Waals surface area contributed by atoms with E-state index >= 15 is 0 Å². The van der Waals surface area contributed by atoms with Gasteiger partial charge in [-0.3, -0.25) is 0 Å². The first-order valence-corrected chi connectivity index (χ1v) is 9.43. The second-order valence-corrected chi connectivity index (χ2v) is 7.19. The standard InChI is InChI=1S/C22H25N3O2/c26-22(10-5-11-23-16-22)17-25-13-12-24-21(25)19-8-4-9-20(14-19)27-15-18-6-2-1-3-7-18/h1-4,6-9,12-14,23,26H,5,10-11,15-17H2. The molecule has 3 aromatic rings. The molecule has 1 aliphatic heterocycles. The number of ether oxygens (including phenoxy) is 1. The van der Waals surface area contributed by atoms with Crippen molar-refractivity contribution in [2.45, 2.75) is 31.6 Å². The average Bonchev–Trinajstić information content (AvgIpc) is 3.15. The minimum Gasteiger partial charge on any atom is -0.489 e. The van der Waals surface area contributed by atoms with E-state index in [1.807, 2.05) is 53.2 Å². The van der Waals surface area contributed by atoms with Crippen LogP contribution in [0.1, 0.15) is 18.4 Å². The van der Waals surface area contributed by atoms with E-state index in [0.29, 0.717) is 19.7 Å². The number of rotatable bonds is 6. The molecule has 1 unspecified atom stereocenters. The Labute approximate surface area is 159 Å². The van der Waals surface area contributed by atoms with E-state index in [9.17, 15) is 5.11 Å². The van der Waals surface area contributed by atoms with Crippen LogP contribution in [0.15, 0.2) is 67.0 Å². The topological polar surface area (TPSA) is 59.3 Å². The van der Waals surface area contributed by atoms with Crippen molar-refractivity contribution < 1.29 is 9.84 Å². The maximum Gasteiger partial charge on any atom is 0.140 e. The van der Waals surface area contributed by atoms with E-state index in [2.05, 4.69) is 22.4 Å². The first-order valence-electron chi connectivity index (χ1n) is 9.43. The third-order valence-electron chi connectivity index (χ3n) is 4.97. The highest BCUT2D eigenvalue weighted by atomic mass is 16.5. The molecule has 0 amide bonds. The molecule has 1 fully saturated rings. The predicted octanol–water partition coefficient (Wildman–Crippen LogP) is 3.24. The lowest BCUT2D eigenvalue weighted by Crippen LogP contribution is -2.48. The van der Waals surface area contributed by atoms with Gasteiger partial charge >= 0.3 is 0 Å². The number of hydrogen-bond acceptors (Lipinski definition) is 4. The second kappa shape index (κ2) is 7.94. The van der Waals surface area contributed by atoms with Gasteiger partial charge in [-0.1, -0.05) is 42.5 Å². The van der Waals surface area contributed by atoms with Crippen LogP contribution in [0.3, 0.4) is 0 Å². The van der Waals surface area contributed by atoms with Crippen LogP contribution in [0.2, 0.25) is 0 Å². The van der Waals surface area contributed by atoms with Gasteiger partial charge in [0.2, 0.25) is 0 Å². The summed E-state index contributed by atoms with van der Waals surface area (Å²) in [4.78, 5) is 4.52. The zero-order chi connectivity index (χ0) is 18.5. The summed E-state index contributed by atoms with van der Waals surface area (Å²) in [6.07, 6.45) is 5.51. The molecule has 0 aliphatic carbocycles. The van der Waals surface area contributed by atoms with Crippen LogP contribution < -0.4 is 10.1 Å². The van der Waals surface area contributed by atoms with Gasteiger partial charge < -0.3 is 19.7 Å². The lowest BCUT2D eigenvalue weighted by Gasteiger charge is -2.33. The summed E-state index contributed by atoms with van der Waals surface area (Å²) in [7, 11) is 0. The van der Waals surface area contributed by atoms with Gasteiger partial charge in [0.1, 0.15) is 18.2 Å². The molecule has 0 saturated carbocycles. The lowest BCUT2D eigenvalue weighted by atomic mass is 9.94. The zero-order valence-electron chi connectivity index (χ0n) is 15.3. The molecular weight excluding hydrogens is 338 g/mol. The molecule has 5 nitrogen and oxygen atoms in total. The van der Waals surface area contributed by atoms with E-state index in [1.54, 1.807) is 6.20 Å². The SMILES string of the molecule is OC1(Cn2ccnc2-c2cccc(OCc3ccccc3)c2)CCCNC1. The molecule has 1 aromatic heterocycles. The summed E-state index contributed by atoms with van der Waals surface area (Å²) in [6.45, 7) is 2.65. The van der Waals surface area contributed by atoms with Gasteiger partial charge in [0.05, 0.1) is 12.1 Å². The van der Waals surface area contributed by atoms with E-state index in [4.69, 9.17) is 4.74 Å². The Bertz CT molecular complexity index is 870. The Balaban J connectivity index is 1.50. The molecular formula is C22H25N3O2. The number of aromatic nitrogens is 2. The van der Waals surface area contributed by atoms with Gasteiger partial charge in [-0.2, -0.15) is 0 Å². The molecule has 1 atom stereocenters. The summed E-state index contributed by atoms with van der Waals surface area (Å²) in [5.74, 6) is 1.66. The third-order valence-corrected chi connectivity index (χ3v) is 4.97. The largest absolute Gasteiger partial charge is 0.489 e. The predicted molar refractivity (Wildman–Crippen MR) is 105 cm³/mol. The van der Waals surface area contributed by atoms with E-state index in [0.717, 1.165) is 42.1 Å². The molecule has 4 rings (SSSR count).